The maximum absolute atomic E-state index is 9.13. The van der Waals surface area contributed by atoms with Gasteiger partial charge >= 0.3 is 0 Å². The normalized spacial score (nSPS) is 23.6. The summed E-state index contributed by atoms with van der Waals surface area (Å²) in [4.78, 5) is 11.3. The van der Waals surface area contributed by atoms with E-state index in [9.17, 15) is 0 Å². The topological polar surface area (TPSA) is 61.8 Å². The molecule has 2 N–H and O–H groups in total. The van der Waals surface area contributed by atoms with Gasteiger partial charge in [-0.05, 0) is 6.42 Å². The molecule has 0 fully saturated rings. The van der Waals surface area contributed by atoms with Gasteiger partial charge in [-0.3, -0.25) is 0 Å². The number of fused-ring (bicyclic) bond motifs is 1. The number of aromatic nitrogens is 3. The van der Waals surface area contributed by atoms with Gasteiger partial charge < -0.3 is 10.1 Å². The summed E-state index contributed by atoms with van der Waals surface area (Å²) in [6.45, 7) is 0.199. The minimum Gasteiger partial charge on any atom is -0.396 e. The highest BCUT2D eigenvalue weighted by Gasteiger charge is 2.23. The number of hydrogen-bond acceptors (Lipinski definition) is 3. The number of nitrogens with zero attached hydrogens (tertiary/aromatic N) is 2. The molecule has 0 bridgehead atoms. The third-order valence-corrected chi connectivity index (χ3v) is 3.54. The zero-order valence-electron chi connectivity index (χ0n) is 9.10. The van der Waals surface area contributed by atoms with Crippen molar-refractivity contribution in [3.63, 3.8) is 0 Å². The van der Waals surface area contributed by atoms with Gasteiger partial charge in [-0.25, -0.2) is 9.97 Å². The molecule has 3 rings (SSSR count). The predicted molar refractivity (Wildman–Crippen MR) is 66.0 cm³/mol. The highest BCUT2D eigenvalue weighted by atomic mass is 35.5. The van der Waals surface area contributed by atoms with Crippen LogP contribution >= 0.6 is 11.6 Å². The average Bonchev–Trinajstić information content (AvgIpc) is 2.94. The Morgan fingerprint density at radius 3 is 3.06 bits per heavy atom. The summed E-state index contributed by atoms with van der Waals surface area (Å²) in [6, 6.07) is 0. The molecule has 0 spiro atoms. The largest absolute Gasteiger partial charge is 0.396 e. The molecule has 2 aromatic heterocycles. The molecule has 17 heavy (non-hydrogen) atoms. The van der Waals surface area contributed by atoms with Gasteiger partial charge in [-0.1, -0.05) is 23.8 Å². The number of aromatic amines is 1. The fraction of sp³-hybridized carbons (Fsp3) is 0.333. The van der Waals surface area contributed by atoms with Crippen molar-refractivity contribution in [2.24, 2.45) is 5.92 Å². The van der Waals surface area contributed by atoms with Crippen molar-refractivity contribution in [3.8, 4) is 0 Å². The SMILES string of the molecule is OC[C@@H]1C=C[C@H](c2c[nH]c3c(Cl)ncnc23)C1. The summed E-state index contributed by atoms with van der Waals surface area (Å²) in [5.41, 5.74) is 2.78. The van der Waals surface area contributed by atoms with Crippen LogP contribution in [-0.4, -0.2) is 26.7 Å². The molecule has 0 radical (unpaired) electrons. The minimum absolute atomic E-state index is 0.199. The Bertz CT molecular complexity index is 578. The van der Waals surface area contributed by atoms with E-state index in [4.69, 9.17) is 16.7 Å². The van der Waals surface area contributed by atoms with Crippen LogP contribution in [0.4, 0.5) is 0 Å². The van der Waals surface area contributed by atoms with E-state index in [1.54, 1.807) is 0 Å². The number of aliphatic hydroxyl groups excluding tert-OH is 1. The molecule has 1 aliphatic carbocycles. The highest BCUT2D eigenvalue weighted by molar-refractivity contribution is 6.33. The first kappa shape index (κ1) is 10.7. The van der Waals surface area contributed by atoms with Crippen molar-refractivity contribution in [2.45, 2.75) is 12.3 Å². The fourth-order valence-corrected chi connectivity index (χ4v) is 2.54. The molecule has 1 aliphatic rings. The van der Waals surface area contributed by atoms with Gasteiger partial charge in [0.2, 0.25) is 0 Å². The summed E-state index contributed by atoms with van der Waals surface area (Å²) < 4.78 is 0. The van der Waals surface area contributed by atoms with E-state index in [-0.39, 0.29) is 12.5 Å². The first-order chi connectivity index (χ1) is 8.29. The van der Waals surface area contributed by atoms with E-state index >= 15 is 0 Å². The van der Waals surface area contributed by atoms with Crippen LogP contribution in [0.25, 0.3) is 11.0 Å². The highest BCUT2D eigenvalue weighted by Crippen LogP contribution is 2.35. The molecule has 5 heteroatoms. The van der Waals surface area contributed by atoms with Crippen LogP contribution in [0.1, 0.15) is 17.9 Å². The maximum Gasteiger partial charge on any atom is 0.156 e. The number of H-pyrrole nitrogens is 1. The first-order valence-corrected chi connectivity index (χ1v) is 5.94. The molecule has 2 heterocycles. The summed E-state index contributed by atoms with van der Waals surface area (Å²) in [7, 11) is 0. The molecular weight excluding hydrogens is 238 g/mol. The Hall–Kier alpha value is -1.39. The second-order valence-electron chi connectivity index (χ2n) is 4.30. The van der Waals surface area contributed by atoms with Crippen molar-refractivity contribution in [3.05, 3.63) is 35.4 Å². The molecule has 0 amide bonds. The van der Waals surface area contributed by atoms with Crippen molar-refractivity contribution in [2.75, 3.05) is 6.61 Å². The van der Waals surface area contributed by atoms with E-state index in [0.29, 0.717) is 11.1 Å². The first-order valence-electron chi connectivity index (χ1n) is 5.56. The quantitative estimate of drug-likeness (QED) is 0.634. The lowest BCUT2D eigenvalue weighted by Crippen LogP contribution is -2.01. The Kier molecular flexibility index (Phi) is 2.61. The van der Waals surface area contributed by atoms with Crippen molar-refractivity contribution in [1.82, 2.24) is 15.0 Å². The number of allylic oxidation sites excluding steroid dienone is 1. The van der Waals surface area contributed by atoms with Gasteiger partial charge in [-0.15, -0.1) is 0 Å². The number of rotatable bonds is 2. The second-order valence-corrected chi connectivity index (χ2v) is 4.66. The number of hydrogen-bond donors (Lipinski definition) is 2. The Labute approximate surface area is 103 Å². The lowest BCUT2D eigenvalue weighted by Gasteiger charge is -2.08. The summed E-state index contributed by atoms with van der Waals surface area (Å²) in [5, 5.41) is 9.58. The smallest absolute Gasteiger partial charge is 0.156 e. The van der Waals surface area contributed by atoms with Crippen LogP contribution in [0, 0.1) is 5.92 Å². The van der Waals surface area contributed by atoms with Crippen LogP contribution in [0.15, 0.2) is 24.7 Å². The van der Waals surface area contributed by atoms with E-state index in [1.165, 1.54) is 6.33 Å². The molecule has 0 aliphatic heterocycles. The average molecular weight is 250 g/mol. The lowest BCUT2D eigenvalue weighted by molar-refractivity contribution is 0.249. The molecule has 88 valence electrons. The number of aliphatic hydroxyl groups is 1. The van der Waals surface area contributed by atoms with Gasteiger partial charge in [0.1, 0.15) is 11.8 Å². The van der Waals surface area contributed by atoms with E-state index in [2.05, 4.69) is 27.1 Å². The molecule has 4 nitrogen and oxygen atoms in total. The molecular formula is C12H12ClN3O. The van der Waals surface area contributed by atoms with Gasteiger partial charge in [0, 0.05) is 30.2 Å². The van der Waals surface area contributed by atoms with Crippen LogP contribution in [0.2, 0.25) is 5.15 Å². The molecule has 0 saturated heterocycles. The summed E-state index contributed by atoms with van der Waals surface area (Å²) in [5.74, 6) is 0.550. The van der Waals surface area contributed by atoms with Gasteiger partial charge in [-0.2, -0.15) is 0 Å². The van der Waals surface area contributed by atoms with Crippen molar-refractivity contribution < 1.29 is 5.11 Å². The predicted octanol–water partition coefficient (Wildman–Crippen LogP) is 2.26. The minimum atomic E-state index is 0.199. The van der Waals surface area contributed by atoms with E-state index < -0.39 is 0 Å². The molecule has 2 aromatic rings. The maximum atomic E-state index is 9.13. The van der Waals surface area contributed by atoms with E-state index in [0.717, 1.165) is 23.0 Å². The third-order valence-electron chi connectivity index (χ3n) is 3.25. The molecule has 0 aromatic carbocycles. The van der Waals surface area contributed by atoms with Crippen LogP contribution in [-0.2, 0) is 0 Å². The molecule has 0 unspecified atom stereocenters. The fourth-order valence-electron chi connectivity index (χ4n) is 2.35. The second kappa shape index (κ2) is 4.13. The lowest BCUT2D eigenvalue weighted by atomic mass is 9.97. The monoisotopic (exact) mass is 249 g/mol. The zero-order valence-corrected chi connectivity index (χ0v) is 9.85. The molecule has 2 atom stereocenters. The van der Waals surface area contributed by atoms with Crippen LogP contribution < -0.4 is 0 Å². The molecule has 0 saturated carbocycles. The van der Waals surface area contributed by atoms with E-state index in [1.807, 2.05) is 6.20 Å². The van der Waals surface area contributed by atoms with Crippen molar-refractivity contribution >= 4 is 22.6 Å². The Morgan fingerprint density at radius 2 is 2.29 bits per heavy atom. The number of nitrogens with one attached hydrogen (secondary N) is 1. The van der Waals surface area contributed by atoms with Gasteiger partial charge in [0.15, 0.2) is 5.15 Å². The Balaban J connectivity index is 2.02. The summed E-state index contributed by atoms with van der Waals surface area (Å²) >= 11 is 5.99. The summed E-state index contributed by atoms with van der Waals surface area (Å²) in [6.07, 6.45) is 8.51. The van der Waals surface area contributed by atoms with Crippen molar-refractivity contribution in [1.29, 1.82) is 0 Å². The Morgan fingerprint density at radius 1 is 1.41 bits per heavy atom. The van der Waals surface area contributed by atoms with Crippen LogP contribution in [0.3, 0.4) is 0 Å². The van der Waals surface area contributed by atoms with Gasteiger partial charge in [0.25, 0.3) is 0 Å². The van der Waals surface area contributed by atoms with Crippen LogP contribution in [0.5, 0.6) is 0 Å². The zero-order chi connectivity index (χ0) is 11.8. The number of halogens is 1. The van der Waals surface area contributed by atoms with Gasteiger partial charge in [0.05, 0.1) is 5.52 Å². The standard InChI is InChI=1S/C12H12ClN3O/c13-12-11-10(15-6-16-12)9(4-14-11)8-2-1-7(3-8)5-17/h1-2,4,6-8,14,17H,3,5H2/t7-,8+/m1/s1. The third kappa shape index (κ3) is 1.73.